The molecular formula is C24H30N6O2S. The number of hydrogen-bond donors (Lipinski definition) is 1. The molecule has 174 valence electrons. The molecule has 0 unspecified atom stereocenters. The highest BCUT2D eigenvalue weighted by Crippen LogP contribution is 2.42. The molecule has 0 aliphatic carbocycles. The molecule has 1 amide bonds. The van der Waals surface area contributed by atoms with E-state index < -0.39 is 0 Å². The Hall–Kier alpha value is -2.78. The van der Waals surface area contributed by atoms with Crippen LogP contribution in [0, 0.1) is 0 Å². The zero-order valence-corrected chi connectivity index (χ0v) is 20.2. The van der Waals surface area contributed by atoms with E-state index >= 15 is 0 Å². The molecule has 33 heavy (non-hydrogen) atoms. The van der Waals surface area contributed by atoms with E-state index in [0.717, 1.165) is 60.2 Å². The molecule has 8 nitrogen and oxygen atoms in total. The van der Waals surface area contributed by atoms with Gasteiger partial charge in [-0.25, -0.2) is 14.6 Å². The van der Waals surface area contributed by atoms with Crippen LogP contribution < -0.4 is 10.1 Å². The Morgan fingerprint density at radius 2 is 2.12 bits per heavy atom. The molecule has 4 heterocycles. The lowest BCUT2D eigenvalue weighted by Gasteiger charge is -2.31. The predicted octanol–water partition coefficient (Wildman–Crippen LogP) is 3.51. The molecule has 1 N–H and O–H groups in total. The molecule has 3 aromatic rings. The first-order valence-electron chi connectivity index (χ1n) is 11.6. The Balaban J connectivity index is 1.38. The minimum absolute atomic E-state index is 0.0805. The number of ether oxygens (including phenoxy) is 1. The maximum atomic E-state index is 11.7. The number of hydrogen-bond acceptors (Lipinski definition) is 7. The maximum Gasteiger partial charge on any atom is 0.233 e. The number of carbonyl (C=O) groups is 1. The Bertz CT molecular complexity index is 1150. The van der Waals surface area contributed by atoms with Crippen molar-refractivity contribution < 1.29 is 9.53 Å². The highest BCUT2D eigenvalue weighted by Gasteiger charge is 2.26. The van der Waals surface area contributed by atoms with Gasteiger partial charge in [-0.05, 0) is 63.4 Å². The summed E-state index contributed by atoms with van der Waals surface area (Å²) in [5, 5.41) is 7.99. The fraction of sp³-hybridized carbons (Fsp3) is 0.500. The summed E-state index contributed by atoms with van der Waals surface area (Å²) in [5.41, 5.74) is 3.38. The van der Waals surface area contributed by atoms with Crippen LogP contribution in [0.5, 0.6) is 5.75 Å². The van der Waals surface area contributed by atoms with Crippen molar-refractivity contribution >= 4 is 17.2 Å². The number of carbonyl (C=O) groups excluding carboxylic acids is 1. The summed E-state index contributed by atoms with van der Waals surface area (Å²) in [4.78, 5) is 24.6. The van der Waals surface area contributed by atoms with Crippen molar-refractivity contribution in [2.45, 2.75) is 45.1 Å². The third-order valence-electron chi connectivity index (χ3n) is 6.50. The first-order chi connectivity index (χ1) is 16.0. The minimum Gasteiger partial charge on any atom is -0.492 e. The molecule has 2 aromatic heterocycles. The van der Waals surface area contributed by atoms with Crippen LogP contribution in [0.15, 0.2) is 24.5 Å². The van der Waals surface area contributed by atoms with Crippen LogP contribution in [-0.2, 0) is 11.2 Å². The van der Waals surface area contributed by atoms with Crippen molar-refractivity contribution in [3.05, 3.63) is 35.0 Å². The van der Waals surface area contributed by atoms with Gasteiger partial charge in [-0.3, -0.25) is 9.69 Å². The van der Waals surface area contributed by atoms with Gasteiger partial charge in [0, 0.05) is 30.0 Å². The first-order valence-corrected chi connectivity index (χ1v) is 12.4. The van der Waals surface area contributed by atoms with Gasteiger partial charge in [0.15, 0.2) is 10.8 Å². The second-order valence-electron chi connectivity index (χ2n) is 8.99. The molecular weight excluding hydrogens is 436 g/mol. The molecule has 1 saturated heterocycles. The van der Waals surface area contributed by atoms with Crippen LogP contribution in [0.1, 0.15) is 49.1 Å². The van der Waals surface area contributed by atoms with Crippen LogP contribution in [0.4, 0.5) is 0 Å². The minimum atomic E-state index is 0.0805. The topological polar surface area (TPSA) is 85.2 Å². The molecule has 9 heteroatoms. The lowest BCUT2D eigenvalue weighted by Crippen LogP contribution is -2.40. The lowest BCUT2D eigenvalue weighted by molar-refractivity contribution is -0.122. The van der Waals surface area contributed by atoms with E-state index in [9.17, 15) is 4.79 Å². The largest absolute Gasteiger partial charge is 0.492 e. The summed E-state index contributed by atoms with van der Waals surface area (Å²) in [5.74, 6) is 2.31. The molecule has 1 fully saturated rings. The van der Waals surface area contributed by atoms with Crippen molar-refractivity contribution in [2.24, 2.45) is 0 Å². The van der Waals surface area contributed by atoms with Crippen molar-refractivity contribution in [3.8, 4) is 27.8 Å². The number of benzene rings is 1. The smallest absolute Gasteiger partial charge is 0.233 e. The second-order valence-corrected chi connectivity index (χ2v) is 10.1. The Morgan fingerprint density at radius 3 is 2.88 bits per heavy atom. The number of nitrogens with zero attached hydrogens (tertiary/aromatic N) is 5. The van der Waals surface area contributed by atoms with Gasteiger partial charge < -0.3 is 10.1 Å². The fourth-order valence-electron chi connectivity index (χ4n) is 4.68. The summed E-state index contributed by atoms with van der Waals surface area (Å²) in [7, 11) is 1.69. The van der Waals surface area contributed by atoms with E-state index in [1.165, 1.54) is 10.4 Å². The average molecular weight is 467 g/mol. The van der Waals surface area contributed by atoms with Crippen molar-refractivity contribution in [3.63, 3.8) is 0 Å². The summed E-state index contributed by atoms with van der Waals surface area (Å²) in [6.07, 6.45) is 4.54. The van der Waals surface area contributed by atoms with Crippen LogP contribution >= 0.6 is 11.3 Å². The molecule has 2 aliphatic heterocycles. The van der Waals surface area contributed by atoms with Crippen LogP contribution in [-0.4, -0.2) is 63.8 Å². The average Bonchev–Trinajstić information content (AvgIpc) is 3.44. The summed E-state index contributed by atoms with van der Waals surface area (Å²) < 4.78 is 8.10. The van der Waals surface area contributed by atoms with Gasteiger partial charge >= 0.3 is 0 Å². The number of rotatable bonds is 5. The Morgan fingerprint density at radius 1 is 1.30 bits per heavy atom. The second kappa shape index (κ2) is 9.23. The number of piperidine rings is 1. The number of aromatic nitrogens is 4. The van der Waals surface area contributed by atoms with Crippen molar-refractivity contribution in [1.29, 1.82) is 0 Å². The molecule has 2 aliphatic rings. The number of likely N-dealkylation sites (tertiary alicyclic amines) is 1. The summed E-state index contributed by atoms with van der Waals surface area (Å²) >= 11 is 1.69. The van der Waals surface area contributed by atoms with Gasteiger partial charge in [0.1, 0.15) is 12.1 Å². The SMILES string of the molecule is CNC(=O)CN1CCC(c2ccc3c(c2)OCCc2sc(-c4ncnn4C(C)C)nc2-3)CC1. The van der Waals surface area contributed by atoms with Gasteiger partial charge in [-0.1, -0.05) is 6.07 Å². The highest BCUT2D eigenvalue weighted by atomic mass is 32.1. The third-order valence-corrected chi connectivity index (χ3v) is 7.61. The number of nitrogens with one attached hydrogen (secondary N) is 1. The molecule has 0 spiro atoms. The van der Waals surface area contributed by atoms with E-state index in [-0.39, 0.29) is 11.9 Å². The molecule has 0 atom stereocenters. The van der Waals surface area contributed by atoms with E-state index in [0.29, 0.717) is 19.1 Å². The van der Waals surface area contributed by atoms with E-state index in [4.69, 9.17) is 9.72 Å². The zero-order valence-electron chi connectivity index (χ0n) is 19.4. The standard InChI is InChI=1S/C24H30N6O2S/c1-15(2)30-23(26-14-27-30)24-28-22-18-5-4-17(12-19(18)32-11-8-20(22)33-24)16-6-9-29(10-7-16)13-21(31)25-3/h4-5,12,14-16H,6-11,13H2,1-3H3,(H,25,31). The summed E-state index contributed by atoms with van der Waals surface area (Å²) in [6.45, 7) is 7.20. The van der Waals surface area contributed by atoms with Gasteiger partial charge in [0.05, 0.1) is 18.8 Å². The van der Waals surface area contributed by atoms with Gasteiger partial charge in [0.2, 0.25) is 5.91 Å². The van der Waals surface area contributed by atoms with Crippen LogP contribution in [0.25, 0.3) is 22.1 Å². The van der Waals surface area contributed by atoms with Gasteiger partial charge in [-0.15, -0.1) is 11.3 Å². The van der Waals surface area contributed by atoms with Crippen LogP contribution in [0.2, 0.25) is 0 Å². The molecule has 0 bridgehead atoms. The maximum absolute atomic E-state index is 11.7. The Kier molecular flexibility index (Phi) is 6.16. The van der Waals surface area contributed by atoms with E-state index in [1.807, 2.05) is 4.68 Å². The summed E-state index contributed by atoms with van der Waals surface area (Å²) in [6, 6.07) is 6.83. The molecule has 0 radical (unpaired) electrons. The number of thiazole rings is 1. The quantitative estimate of drug-likeness (QED) is 0.619. The Labute approximate surface area is 198 Å². The third kappa shape index (κ3) is 4.39. The van der Waals surface area contributed by atoms with Gasteiger partial charge in [0.25, 0.3) is 0 Å². The van der Waals surface area contributed by atoms with Crippen LogP contribution in [0.3, 0.4) is 0 Å². The predicted molar refractivity (Wildman–Crippen MR) is 129 cm³/mol. The van der Waals surface area contributed by atoms with E-state index in [2.05, 4.69) is 52.3 Å². The zero-order chi connectivity index (χ0) is 22.9. The lowest BCUT2D eigenvalue weighted by atomic mass is 9.88. The number of fused-ring (bicyclic) bond motifs is 3. The van der Waals surface area contributed by atoms with Crippen molar-refractivity contribution in [1.82, 2.24) is 30.0 Å². The monoisotopic (exact) mass is 466 g/mol. The highest BCUT2D eigenvalue weighted by molar-refractivity contribution is 7.15. The van der Waals surface area contributed by atoms with Gasteiger partial charge in [-0.2, -0.15) is 5.10 Å². The number of amides is 1. The molecule has 1 aromatic carbocycles. The number of likely N-dealkylation sites (N-methyl/N-ethyl adjacent to an activating group) is 1. The first kappa shape index (κ1) is 22.0. The van der Waals surface area contributed by atoms with E-state index in [1.54, 1.807) is 24.7 Å². The fourth-order valence-corrected chi connectivity index (χ4v) is 5.72. The molecule has 5 rings (SSSR count). The van der Waals surface area contributed by atoms with Crippen molar-refractivity contribution in [2.75, 3.05) is 33.3 Å². The molecule has 0 saturated carbocycles. The normalized spacial score (nSPS) is 16.7.